The average Bonchev–Trinajstić information content (AvgIpc) is 2.86. The van der Waals surface area contributed by atoms with Crippen LogP contribution in [-0.4, -0.2) is 57.2 Å². The fourth-order valence-electron chi connectivity index (χ4n) is 3.69. The molecule has 0 spiro atoms. The van der Waals surface area contributed by atoms with Crippen LogP contribution in [0.5, 0.6) is 17.2 Å². The Hall–Kier alpha value is -4.04. The van der Waals surface area contributed by atoms with Crippen molar-refractivity contribution in [1.29, 1.82) is 0 Å². The molecule has 3 aromatic rings. The molecule has 0 saturated heterocycles. The highest BCUT2D eigenvalue weighted by Gasteiger charge is 2.42. The minimum Gasteiger partial charge on any atom is -0.496 e. The van der Waals surface area contributed by atoms with Crippen molar-refractivity contribution in [3.63, 3.8) is 0 Å². The van der Waals surface area contributed by atoms with E-state index in [4.69, 9.17) is 24.0 Å². The minimum absolute atomic E-state index is 0.0433. The number of amides is 1. The molecule has 0 atom stereocenters. The third-order valence-corrected chi connectivity index (χ3v) is 6.03. The van der Waals surface area contributed by atoms with Gasteiger partial charge in [0, 0.05) is 23.4 Å². The van der Waals surface area contributed by atoms with Gasteiger partial charge in [-0.25, -0.2) is 18.9 Å². The maximum atomic E-state index is 14.6. The summed E-state index contributed by atoms with van der Waals surface area (Å²) in [5.41, 5.74) is -0.0435. The number of hydrogen-bond acceptors (Lipinski definition) is 11. The van der Waals surface area contributed by atoms with Crippen LogP contribution >= 0.6 is 7.82 Å². The molecule has 1 aliphatic heterocycles. The Morgan fingerprint density at radius 3 is 2.41 bits per heavy atom. The van der Waals surface area contributed by atoms with E-state index in [1.807, 2.05) is 6.92 Å². The summed E-state index contributed by atoms with van der Waals surface area (Å²) in [5.74, 6) is -0.435. The number of methoxy groups -OCH3 is 2. The van der Waals surface area contributed by atoms with Crippen molar-refractivity contribution < 1.29 is 42.3 Å². The van der Waals surface area contributed by atoms with Crippen molar-refractivity contribution >= 4 is 42.8 Å². The molecular weight excluding hydrogens is 538 g/mol. The number of carbonyl (C=O) groups excluding carboxylic acids is 1. The zero-order valence-electron chi connectivity index (χ0n) is 21.6. The number of aromatic nitrogens is 3. The van der Waals surface area contributed by atoms with E-state index >= 15 is 0 Å². The van der Waals surface area contributed by atoms with Gasteiger partial charge in [-0.3, -0.25) is 14.2 Å². The van der Waals surface area contributed by atoms with Crippen LogP contribution in [-0.2, 0) is 13.9 Å². The van der Waals surface area contributed by atoms with Gasteiger partial charge in [-0.2, -0.15) is 4.98 Å². The van der Waals surface area contributed by atoms with Crippen molar-refractivity contribution in [3.05, 3.63) is 41.8 Å². The highest BCUT2D eigenvalue weighted by Crippen LogP contribution is 2.41. The van der Waals surface area contributed by atoms with E-state index in [2.05, 4.69) is 30.1 Å². The van der Waals surface area contributed by atoms with Crippen LogP contribution in [0.4, 0.5) is 33.5 Å². The van der Waals surface area contributed by atoms with Gasteiger partial charge in [-0.1, -0.05) is 0 Å². The number of nitrogens with one attached hydrogen (secondary N) is 2. The Labute approximate surface area is 222 Å². The molecule has 16 heteroatoms. The molecule has 39 heavy (non-hydrogen) atoms. The van der Waals surface area contributed by atoms with E-state index < -0.39 is 31.9 Å². The van der Waals surface area contributed by atoms with E-state index in [-0.39, 0.29) is 29.2 Å². The number of rotatable bonds is 9. The number of hydrogen-bond donors (Lipinski definition) is 4. The molecule has 0 saturated carbocycles. The normalized spacial score (nSPS) is 14.4. The summed E-state index contributed by atoms with van der Waals surface area (Å²) in [6.45, 7) is 4.01. The van der Waals surface area contributed by atoms with Crippen LogP contribution in [0.2, 0.25) is 0 Å². The van der Waals surface area contributed by atoms with Gasteiger partial charge < -0.3 is 34.6 Å². The van der Waals surface area contributed by atoms with E-state index in [0.29, 0.717) is 17.2 Å². The molecule has 0 unspecified atom stereocenters. The summed E-state index contributed by atoms with van der Waals surface area (Å²) in [6, 6.07) is 6.33. The number of halogens is 1. The van der Waals surface area contributed by atoms with Crippen LogP contribution < -0.4 is 29.7 Å². The second-order valence-corrected chi connectivity index (χ2v) is 10.00. The number of anilines is 5. The lowest BCUT2D eigenvalue weighted by molar-refractivity contribution is -0.133. The van der Waals surface area contributed by atoms with Gasteiger partial charge in [0.15, 0.2) is 28.8 Å². The molecule has 0 fully saturated rings. The lowest BCUT2D eigenvalue weighted by atomic mass is 10.1. The fourth-order valence-corrected chi connectivity index (χ4v) is 3.96. The monoisotopic (exact) mass is 564 g/mol. The van der Waals surface area contributed by atoms with Crippen molar-refractivity contribution in [1.82, 2.24) is 15.0 Å². The zero-order valence-corrected chi connectivity index (χ0v) is 22.4. The lowest BCUT2D eigenvalue weighted by Gasteiger charge is -2.37. The maximum Gasteiger partial charge on any atom is 0.471 e. The van der Waals surface area contributed by atoms with E-state index in [1.165, 1.54) is 40.2 Å². The Bertz CT molecular complexity index is 1440. The van der Waals surface area contributed by atoms with E-state index in [0.717, 1.165) is 16.7 Å². The summed E-state index contributed by atoms with van der Waals surface area (Å²) in [6.07, 6.45) is 0.952. The molecule has 0 radical (unpaired) electrons. The van der Waals surface area contributed by atoms with Crippen LogP contribution in [0.15, 0.2) is 30.5 Å². The van der Waals surface area contributed by atoms with E-state index in [1.54, 1.807) is 12.1 Å². The molecule has 208 valence electrons. The topological polar surface area (TPSA) is 177 Å². The molecule has 4 rings (SSSR count). The fraction of sp³-hybridized carbons (Fsp3) is 0.304. The molecule has 1 aromatic carbocycles. The first-order valence-electron chi connectivity index (χ1n) is 11.3. The second-order valence-electron chi connectivity index (χ2n) is 8.76. The predicted octanol–water partition coefficient (Wildman–Crippen LogP) is 3.39. The molecular formula is C23H26FN6O8P. The van der Waals surface area contributed by atoms with Gasteiger partial charge in [0.05, 0.1) is 20.4 Å². The van der Waals surface area contributed by atoms with Crippen molar-refractivity contribution in [2.75, 3.05) is 36.5 Å². The van der Waals surface area contributed by atoms with Crippen molar-refractivity contribution in [2.24, 2.45) is 0 Å². The van der Waals surface area contributed by atoms with Crippen LogP contribution in [0.25, 0.3) is 0 Å². The smallest absolute Gasteiger partial charge is 0.471 e. The molecule has 0 bridgehead atoms. The number of nitrogens with zero attached hydrogens (tertiary/aromatic N) is 4. The van der Waals surface area contributed by atoms with E-state index in [9.17, 15) is 13.8 Å². The molecule has 1 aliphatic rings. The molecule has 1 amide bonds. The van der Waals surface area contributed by atoms with Crippen molar-refractivity contribution in [3.8, 4) is 17.2 Å². The standard InChI is InChI=1S/C23H26FN6O8P/c1-12-16(35-4)8-13(9-17(12)36-5)26-22-25-10-14(24)19(29-22)27-18-7-6-15-20(28-18)30(11-37-39(32,33)34)21(31)23(2,3)38-15/h6-10H,11H2,1-5H3,(H2,32,33,34)(H2,25,26,27,28,29). The summed E-state index contributed by atoms with van der Waals surface area (Å²) in [4.78, 5) is 44.4. The maximum absolute atomic E-state index is 14.6. The molecule has 4 N–H and O–H groups in total. The van der Waals surface area contributed by atoms with Crippen LogP contribution in [0.1, 0.15) is 19.4 Å². The number of phosphoric acid groups is 1. The van der Waals surface area contributed by atoms with Crippen LogP contribution in [0, 0.1) is 12.7 Å². The predicted molar refractivity (Wildman–Crippen MR) is 137 cm³/mol. The largest absolute Gasteiger partial charge is 0.496 e. The van der Waals surface area contributed by atoms with Gasteiger partial charge in [0.1, 0.15) is 24.0 Å². The molecule has 0 aliphatic carbocycles. The van der Waals surface area contributed by atoms with Gasteiger partial charge in [-0.05, 0) is 32.9 Å². The number of phosphoric ester groups is 1. The Morgan fingerprint density at radius 2 is 1.79 bits per heavy atom. The van der Waals surface area contributed by atoms with Gasteiger partial charge in [-0.15, -0.1) is 0 Å². The first kappa shape index (κ1) is 28.0. The number of fused-ring (bicyclic) bond motifs is 1. The quantitative estimate of drug-likeness (QED) is 0.278. The van der Waals surface area contributed by atoms with Gasteiger partial charge in [0.25, 0.3) is 5.91 Å². The number of benzene rings is 1. The molecule has 14 nitrogen and oxygen atoms in total. The summed E-state index contributed by atoms with van der Waals surface area (Å²) in [7, 11) is -1.86. The number of pyridine rings is 1. The van der Waals surface area contributed by atoms with Gasteiger partial charge in [0.2, 0.25) is 5.95 Å². The van der Waals surface area contributed by atoms with Crippen LogP contribution in [0.3, 0.4) is 0 Å². The number of ether oxygens (including phenoxy) is 3. The number of carbonyl (C=O) groups is 1. The first-order chi connectivity index (χ1) is 18.3. The Morgan fingerprint density at radius 1 is 1.13 bits per heavy atom. The summed E-state index contributed by atoms with van der Waals surface area (Å²) < 4.78 is 46.8. The molecule has 2 aromatic heterocycles. The minimum atomic E-state index is -4.90. The Kier molecular flexibility index (Phi) is 7.61. The third-order valence-electron chi connectivity index (χ3n) is 5.57. The van der Waals surface area contributed by atoms with Crippen molar-refractivity contribution in [2.45, 2.75) is 26.4 Å². The second kappa shape index (κ2) is 10.6. The lowest BCUT2D eigenvalue weighted by Crippen LogP contribution is -2.53. The molecule has 3 heterocycles. The Balaban J connectivity index is 1.62. The summed E-state index contributed by atoms with van der Waals surface area (Å²) in [5, 5.41) is 5.68. The van der Waals surface area contributed by atoms with Gasteiger partial charge >= 0.3 is 7.82 Å². The highest BCUT2D eigenvalue weighted by molar-refractivity contribution is 7.46. The third kappa shape index (κ3) is 6.17. The SMILES string of the molecule is COc1cc(Nc2ncc(F)c(Nc3ccc4c(n3)N(COP(=O)(O)O)C(=O)C(C)(C)O4)n2)cc(OC)c1C. The highest BCUT2D eigenvalue weighted by atomic mass is 31.2. The zero-order chi connectivity index (χ0) is 28.5. The summed E-state index contributed by atoms with van der Waals surface area (Å²) >= 11 is 0. The average molecular weight is 564 g/mol. The first-order valence-corrected chi connectivity index (χ1v) is 12.9.